The Bertz CT molecular complexity index is 989. The van der Waals surface area contributed by atoms with Crippen molar-refractivity contribution in [1.29, 1.82) is 0 Å². The molecule has 0 unspecified atom stereocenters. The van der Waals surface area contributed by atoms with Crippen LogP contribution in [0, 0.1) is 6.92 Å². The van der Waals surface area contributed by atoms with Crippen LogP contribution in [0.3, 0.4) is 0 Å². The lowest BCUT2D eigenvalue weighted by atomic mass is 10.00. The molecule has 0 atom stereocenters. The van der Waals surface area contributed by atoms with Crippen molar-refractivity contribution in [3.8, 4) is 5.75 Å². The average molecular weight is 366 g/mol. The van der Waals surface area contributed by atoms with Gasteiger partial charge in [0.25, 0.3) is 0 Å². The van der Waals surface area contributed by atoms with Crippen molar-refractivity contribution in [1.82, 2.24) is 0 Å². The molecule has 27 heavy (non-hydrogen) atoms. The first-order valence-electron chi connectivity index (χ1n) is 8.97. The highest BCUT2D eigenvalue weighted by Crippen LogP contribution is 2.25. The first kappa shape index (κ1) is 18.7. The lowest BCUT2D eigenvalue weighted by Crippen LogP contribution is -2.15. The zero-order valence-corrected chi connectivity index (χ0v) is 15.5. The van der Waals surface area contributed by atoms with Crippen LogP contribution in [0.5, 0.6) is 5.75 Å². The second kappa shape index (κ2) is 8.54. The molecule has 0 amide bonds. The van der Waals surface area contributed by atoms with Crippen molar-refractivity contribution in [2.45, 2.75) is 26.7 Å². The number of fused-ring (bicyclic) bond motifs is 1. The summed E-state index contributed by atoms with van der Waals surface area (Å²) in [6.07, 6.45) is 1.28. The summed E-state index contributed by atoms with van der Waals surface area (Å²) in [5, 5.41) is 0.849. The molecule has 1 heterocycles. The Morgan fingerprint density at radius 3 is 2.63 bits per heavy atom. The number of carbonyl (C=O) groups is 1. The van der Waals surface area contributed by atoms with Crippen molar-refractivity contribution in [3.63, 3.8) is 0 Å². The number of esters is 1. The predicted octanol–water partition coefficient (Wildman–Crippen LogP) is 4.02. The normalized spacial score (nSPS) is 10.7. The molecule has 0 saturated carbocycles. The van der Waals surface area contributed by atoms with Crippen molar-refractivity contribution < 1.29 is 18.7 Å². The Hall–Kier alpha value is -3.08. The highest BCUT2D eigenvalue weighted by molar-refractivity contribution is 5.82. The smallest absolute Gasteiger partial charge is 0.344 e. The van der Waals surface area contributed by atoms with Gasteiger partial charge in [-0.1, -0.05) is 37.3 Å². The molecular weight excluding hydrogens is 344 g/mol. The minimum Gasteiger partial charge on any atom is -0.482 e. The largest absolute Gasteiger partial charge is 0.482 e. The third kappa shape index (κ3) is 4.56. The van der Waals surface area contributed by atoms with E-state index in [2.05, 4.69) is 0 Å². The molecule has 140 valence electrons. The van der Waals surface area contributed by atoms with E-state index in [1.807, 2.05) is 50.2 Å². The minimum atomic E-state index is -0.423. The van der Waals surface area contributed by atoms with E-state index in [4.69, 9.17) is 13.9 Å². The zero-order valence-electron chi connectivity index (χ0n) is 15.5. The maximum atomic E-state index is 12.5. The number of hydrogen-bond acceptors (Lipinski definition) is 5. The Morgan fingerprint density at radius 2 is 1.89 bits per heavy atom. The molecule has 0 radical (unpaired) electrons. The Labute approximate surface area is 157 Å². The molecule has 0 bridgehead atoms. The Kier molecular flexibility index (Phi) is 5.91. The summed E-state index contributed by atoms with van der Waals surface area (Å²) in [4.78, 5) is 24.0. The van der Waals surface area contributed by atoms with Gasteiger partial charge in [-0.15, -0.1) is 0 Å². The molecule has 0 aliphatic rings. The molecule has 2 aromatic carbocycles. The topological polar surface area (TPSA) is 65.7 Å². The van der Waals surface area contributed by atoms with Crippen LogP contribution in [0.2, 0.25) is 0 Å². The highest BCUT2D eigenvalue weighted by Gasteiger charge is 2.13. The van der Waals surface area contributed by atoms with Gasteiger partial charge in [-0.3, -0.25) is 0 Å². The lowest BCUT2D eigenvalue weighted by molar-refractivity contribution is -0.146. The van der Waals surface area contributed by atoms with E-state index in [1.165, 1.54) is 0 Å². The molecule has 0 spiro atoms. The van der Waals surface area contributed by atoms with Gasteiger partial charge in [0.05, 0.1) is 6.61 Å². The van der Waals surface area contributed by atoms with Crippen molar-refractivity contribution in [2.75, 3.05) is 13.2 Å². The van der Waals surface area contributed by atoms with Crippen molar-refractivity contribution in [3.05, 3.63) is 75.6 Å². The number of carbonyl (C=O) groups excluding carboxylic acids is 1. The van der Waals surface area contributed by atoms with E-state index in [-0.39, 0.29) is 12.2 Å². The van der Waals surface area contributed by atoms with Crippen LogP contribution >= 0.6 is 0 Å². The van der Waals surface area contributed by atoms with Gasteiger partial charge in [0.2, 0.25) is 0 Å². The number of hydrogen-bond donors (Lipinski definition) is 0. The molecule has 3 rings (SSSR count). The summed E-state index contributed by atoms with van der Waals surface area (Å²) in [5.41, 5.74) is 2.67. The summed E-state index contributed by atoms with van der Waals surface area (Å²) in [5.74, 6) is 0.0297. The fourth-order valence-electron chi connectivity index (χ4n) is 2.87. The van der Waals surface area contributed by atoms with Gasteiger partial charge < -0.3 is 13.9 Å². The Morgan fingerprint density at radius 1 is 1.11 bits per heavy atom. The molecule has 5 heteroatoms. The highest BCUT2D eigenvalue weighted by atomic mass is 16.6. The van der Waals surface area contributed by atoms with E-state index in [1.54, 1.807) is 12.1 Å². The molecule has 0 saturated heterocycles. The van der Waals surface area contributed by atoms with Gasteiger partial charge in [0, 0.05) is 23.4 Å². The van der Waals surface area contributed by atoms with Crippen LogP contribution in [0.15, 0.2) is 57.7 Å². The standard InChI is InChI=1S/C22H22O5/c1-3-11-25-21(23)14-26-17-9-10-18-15(2)19(22(24)27-20(18)13-17)12-16-7-5-4-6-8-16/h4-10,13H,3,11-12,14H2,1-2H3. The zero-order chi connectivity index (χ0) is 19.2. The van der Waals surface area contributed by atoms with Gasteiger partial charge in [0.1, 0.15) is 11.3 Å². The molecule has 5 nitrogen and oxygen atoms in total. The summed E-state index contributed by atoms with van der Waals surface area (Å²) in [7, 11) is 0. The van der Waals surface area contributed by atoms with Gasteiger partial charge in [-0.2, -0.15) is 0 Å². The number of benzene rings is 2. The van der Waals surface area contributed by atoms with E-state index >= 15 is 0 Å². The van der Waals surface area contributed by atoms with E-state index in [0.29, 0.717) is 29.9 Å². The average Bonchev–Trinajstić information content (AvgIpc) is 2.68. The molecule has 0 fully saturated rings. The minimum absolute atomic E-state index is 0.180. The third-order valence-electron chi connectivity index (χ3n) is 4.31. The molecule has 3 aromatic rings. The van der Waals surface area contributed by atoms with Crippen molar-refractivity contribution in [2.24, 2.45) is 0 Å². The van der Waals surface area contributed by atoms with Crippen LogP contribution in [0.1, 0.15) is 30.0 Å². The molecular formula is C22H22O5. The number of ether oxygens (including phenoxy) is 2. The molecule has 1 aromatic heterocycles. The van der Waals surface area contributed by atoms with Crippen LogP contribution in [0.4, 0.5) is 0 Å². The lowest BCUT2D eigenvalue weighted by Gasteiger charge is -2.10. The monoisotopic (exact) mass is 366 g/mol. The number of rotatable bonds is 7. The van der Waals surface area contributed by atoms with Crippen LogP contribution in [0.25, 0.3) is 11.0 Å². The maximum absolute atomic E-state index is 12.5. The van der Waals surface area contributed by atoms with E-state index < -0.39 is 5.97 Å². The van der Waals surface area contributed by atoms with Gasteiger partial charge in [-0.25, -0.2) is 9.59 Å². The SMILES string of the molecule is CCCOC(=O)COc1ccc2c(C)c(Cc3ccccc3)c(=O)oc2c1. The molecule has 0 aliphatic heterocycles. The molecule has 0 aliphatic carbocycles. The van der Waals surface area contributed by atoms with Crippen LogP contribution < -0.4 is 10.4 Å². The Balaban J connectivity index is 1.83. The summed E-state index contributed by atoms with van der Waals surface area (Å²) in [6, 6.07) is 15.0. The first-order chi connectivity index (χ1) is 13.1. The summed E-state index contributed by atoms with van der Waals surface area (Å²) in [6.45, 7) is 4.03. The number of aryl methyl sites for hydroxylation is 1. The second-order valence-electron chi connectivity index (χ2n) is 6.32. The van der Waals surface area contributed by atoms with Gasteiger partial charge in [-0.05, 0) is 36.6 Å². The van der Waals surface area contributed by atoms with Crippen LogP contribution in [-0.4, -0.2) is 19.2 Å². The summed E-state index contributed by atoms with van der Waals surface area (Å²) >= 11 is 0. The predicted molar refractivity (Wildman–Crippen MR) is 103 cm³/mol. The van der Waals surface area contributed by atoms with Crippen LogP contribution in [-0.2, 0) is 16.0 Å². The second-order valence-corrected chi connectivity index (χ2v) is 6.32. The van der Waals surface area contributed by atoms with E-state index in [9.17, 15) is 9.59 Å². The maximum Gasteiger partial charge on any atom is 0.344 e. The molecule has 0 N–H and O–H groups in total. The van der Waals surface area contributed by atoms with E-state index in [0.717, 1.165) is 22.9 Å². The summed E-state index contributed by atoms with van der Waals surface area (Å²) < 4.78 is 15.9. The first-order valence-corrected chi connectivity index (χ1v) is 8.97. The quantitative estimate of drug-likeness (QED) is 0.467. The van der Waals surface area contributed by atoms with Gasteiger partial charge >= 0.3 is 11.6 Å². The fourth-order valence-corrected chi connectivity index (χ4v) is 2.87. The van der Waals surface area contributed by atoms with Crippen molar-refractivity contribution >= 4 is 16.9 Å². The third-order valence-corrected chi connectivity index (χ3v) is 4.31. The fraction of sp³-hybridized carbons (Fsp3) is 0.273. The van der Waals surface area contributed by atoms with Gasteiger partial charge in [0.15, 0.2) is 6.61 Å².